The monoisotopic (exact) mass is 136 g/mol. The smallest absolute Gasteiger partial charge is 0.153 e. The first-order valence-corrected chi connectivity index (χ1v) is 3.47. The lowest BCUT2D eigenvalue weighted by Gasteiger charge is -1.87. The van der Waals surface area contributed by atoms with Crippen LogP contribution in [0.1, 0.15) is 13.3 Å². The fraction of sp³-hybridized carbons (Fsp3) is 0.750. The molecule has 4 heteroatoms. The summed E-state index contributed by atoms with van der Waals surface area (Å²) in [5.41, 5.74) is 0. The fourth-order valence-corrected chi connectivity index (χ4v) is 0.693. The van der Waals surface area contributed by atoms with Crippen LogP contribution in [0.25, 0.3) is 0 Å². The normalized spacial score (nSPS) is 13.2. The van der Waals surface area contributed by atoms with E-state index in [2.05, 4.69) is 0 Å². The van der Waals surface area contributed by atoms with E-state index in [0.717, 1.165) is 0 Å². The zero-order valence-electron chi connectivity index (χ0n) is 4.59. The van der Waals surface area contributed by atoms with E-state index >= 15 is 0 Å². The van der Waals surface area contributed by atoms with Gasteiger partial charge in [-0.2, -0.15) is 0 Å². The molecule has 0 amide bonds. The van der Waals surface area contributed by atoms with Gasteiger partial charge in [-0.15, -0.1) is 0 Å². The summed E-state index contributed by atoms with van der Waals surface area (Å²) >= 11 is -1.81. The first-order valence-electron chi connectivity index (χ1n) is 2.20. The number of carbonyl (C=O) groups is 1. The van der Waals surface area contributed by atoms with Gasteiger partial charge >= 0.3 is 0 Å². The van der Waals surface area contributed by atoms with Crippen LogP contribution in [0, 0.1) is 0 Å². The van der Waals surface area contributed by atoms with Crippen molar-refractivity contribution in [3.63, 3.8) is 0 Å². The first-order chi connectivity index (χ1) is 3.63. The van der Waals surface area contributed by atoms with Crippen molar-refractivity contribution in [2.75, 3.05) is 5.75 Å². The van der Waals surface area contributed by atoms with Crippen molar-refractivity contribution in [2.24, 2.45) is 0 Å². The van der Waals surface area contributed by atoms with Crippen LogP contribution >= 0.6 is 0 Å². The molecule has 8 heavy (non-hydrogen) atoms. The highest BCUT2D eigenvalue weighted by Crippen LogP contribution is 1.83. The molecule has 0 radical (unpaired) electrons. The van der Waals surface area contributed by atoms with Crippen LogP contribution in [0.15, 0.2) is 0 Å². The maximum absolute atomic E-state index is 10.1. The van der Waals surface area contributed by atoms with Crippen LogP contribution in [0.2, 0.25) is 0 Å². The van der Waals surface area contributed by atoms with E-state index in [4.69, 9.17) is 4.55 Å². The summed E-state index contributed by atoms with van der Waals surface area (Å²) in [6.07, 6.45) is 0.198. The van der Waals surface area contributed by atoms with Gasteiger partial charge < -0.3 is 4.55 Å². The number of hydrogen-bond acceptors (Lipinski definition) is 2. The Bertz CT molecular complexity index is 95.9. The molecular weight excluding hydrogens is 128 g/mol. The number of carbonyl (C=O) groups excluding carboxylic acids is 1. The average molecular weight is 136 g/mol. The molecule has 0 saturated heterocycles. The standard InChI is InChI=1S/C4H8O3S/c1-4(5)2-3-8(6)7/h2-3H2,1H3,(H,6,7). The van der Waals surface area contributed by atoms with E-state index in [-0.39, 0.29) is 18.0 Å². The molecule has 0 aromatic rings. The van der Waals surface area contributed by atoms with Crippen molar-refractivity contribution in [1.29, 1.82) is 0 Å². The molecule has 3 nitrogen and oxygen atoms in total. The van der Waals surface area contributed by atoms with Crippen molar-refractivity contribution in [3.8, 4) is 0 Å². The van der Waals surface area contributed by atoms with Crippen LogP contribution in [0.5, 0.6) is 0 Å². The van der Waals surface area contributed by atoms with Crippen LogP contribution in [-0.4, -0.2) is 20.3 Å². The third kappa shape index (κ3) is 5.78. The zero-order chi connectivity index (χ0) is 6.57. The third-order valence-electron chi connectivity index (χ3n) is 0.629. The highest BCUT2D eigenvalue weighted by molar-refractivity contribution is 7.79. The second kappa shape index (κ2) is 3.74. The number of Topliss-reactive ketones (excluding diaryl/α,β-unsaturated/α-hetero) is 1. The lowest BCUT2D eigenvalue weighted by molar-refractivity contribution is -0.116. The van der Waals surface area contributed by atoms with Gasteiger partial charge in [0.1, 0.15) is 5.78 Å². The first kappa shape index (κ1) is 7.78. The highest BCUT2D eigenvalue weighted by atomic mass is 32.2. The topological polar surface area (TPSA) is 54.4 Å². The summed E-state index contributed by atoms with van der Waals surface area (Å²) in [7, 11) is 0. The summed E-state index contributed by atoms with van der Waals surface area (Å²) < 4.78 is 18.0. The van der Waals surface area contributed by atoms with E-state index in [1.807, 2.05) is 0 Å². The summed E-state index contributed by atoms with van der Waals surface area (Å²) in [5.74, 6) is 0.0161. The molecule has 0 fully saturated rings. The summed E-state index contributed by atoms with van der Waals surface area (Å²) in [4.78, 5) is 10.1. The minimum atomic E-state index is -1.81. The van der Waals surface area contributed by atoms with E-state index in [1.165, 1.54) is 6.92 Å². The molecule has 1 N–H and O–H groups in total. The van der Waals surface area contributed by atoms with Crippen LogP contribution in [0.4, 0.5) is 0 Å². The predicted octanol–water partition coefficient (Wildman–Crippen LogP) is 0.187. The van der Waals surface area contributed by atoms with E-state index in [9.17, 15) is 9.00 Å². The molecule has 0 spiro atoms. The Labute approximate surface area is 50.4 Å². The van der Waals surface area contributed by atoms with Gasteiger partial charge in [-0.3, -0.25) is 4.79 Å². The lowest BCUT2D eigenvalue weighted by atomic mass is 10.4. The van der Waals surface area contributed by atoms with Crippen LogP contribution in [-0.2, 0) is 15.9 Å². The molecule has 48 valence electrons. The predicted molar refractivity (Wildman–Crippen MR) is 30.9 cm³/mol. The second-order valence-electron chi connectivity index (χ2n) is 1.48. The van der Waals surface area contributed by atoms with Gasteiger partial charge in [0.05, 0.1) is 5.75 Å². The maximum Gasteiger partial charge on any atom is 0.153 e. The molecule has 0 rings (SSSR count). The van der Waals surface area contributed by atoms with Gasteiger partial charge in [0.25, 0.3) is 0 Å². The molecule has 0 aliphatic heterocycles. The van der Waals surface area contributed by atoms with Gasteiger partial charge in [-0.25, -0.2) is 4.21 Å². The second-order valence-corrected chi connectivity index (χ2v) is 2.53. The SMILES string of the molecule is CC(=O)CCS(=O)O. The van der Waals surface area contributed by atoms with Crippen LogP contribution < -0.4 is 0 Å². The Morgan fingerprint density at radius 1 is 1.75 bits per heavy atom. The average Bonchev–Trinajstić information content (AvgIpc) is 1.61. The fourth-order valence-electron chi connectivity index (χ4n) is 0.231. The maximum atomic E-state index is 10.1. The molecule has 1 atom stereocenters. The van der Waals surface area contributed by atoms with E-state index in [1.54, 1.807) is 0 Å². The van der Waals surface area contributed by atoms with E-state index in [0.29, 0.717) is 0 Å². The third-order valence-corrected chi connectivity index (χ3v) is 1.18. The Hall–Kier alpha value is -0.220. The highest BCUT2D eigenvalue weighted by Gasteiger charge is 1.95. The Kier molecular flexibility index (Phi) is 3.64. The molecule has 0 aliphatic carbocycles. The summed E-state index contributed by atoms with van der Waals surface area (Å²) in [5, 5.41) is 0. The molecule has 0 heterocycles. The quantitative estimate of drug-likeness (QED) is 0.563. The van der Waals surface area contributed by atoms with Gasteiger partial charge in [0, 0.05) is 6.42 Å². The summed E-state index contributed by atoms with van der Waals surface area (Å²) in [6, 6.07) is 0. The van der Waals surface area contributed by atoms with Crippen molar-refractivity contribution in [3.05, 3.63) is 0 Å². The number of rotatable bonds is 3. The molecule has 0 aliphatic rings. The minimum Gasteiger partial charge on any atom is -0.306 e. The van der Waals surface area contributed by atoms with Crippen molar-refractivity contribution >= 4 is 16.9 Å². The van der Waals surface area contributed by atoms with Crippen LogP contribution in [0.3, 0.4) is 0 Å². The molecular formula is C4H8O3S. The molecule has 0 bridgehead atoms. The number of hydrogen-bond donors (Lipinski definition) is 1. The lowest BCUT2D eigenvalue weighted by Crippen LogP contribution is -2.00. The summed E-state index contributed by atoms with van der Waals surface area (Å²) in [6.45, 7) is 1.40. The van der Waals surface area contributed by atoms with Crippen molar-refractivity contribution < 1.29 is 13.6 Å². The van der Waals surface area contributed by atoms with Gasteiger partial charge in [0.15, 0.2) is 11.1 Å². The van der Waals surface area contributed by atoms with Gasteiger partial charge in [0.2, 0.25) is 0 Å². The molecule has 0 aromatic carbocycles. The Balaban J connectivity index is 3.18. The minimum absolute atomic E-state index is 0.0487. The molecule has 0 saturated carbocycles. The molecule has 0 aromatic heterocycles. The largest absolute Gasteiger partial charge is 0.306 e. The van der Waals surface area contributed by atoms with Crippen molar-refractivity contribution in [1.82, 2.24) is 0 Å². The number of ketones is 1. The Morgan fingerprint density at radius 2 is 2.25 bits per heavy atom. The van der Waals surface area contributed by atoms with Gasteiger partial charge in [-0.05, 0) is 6.92 Å². The van der Waals surface area contributed by atoms with Gasteiger partial charge in [-0.1, -0.05) is 0 Å². The van der Waals surface area contributed by atoms with E-state index < -0.39 is 11.1 Å². The van der Waals surface area contributed by atoms with Crippen molar-refractivity contribution in [2.45, 2.75) is 13.3 Å². The Morgan fingerprint density at radius 3 is 2.38 bits per heavy atom. The molecule has 1 unspecified atom stereocenters. The zero-order valence-corrected chi connectivity index (χ0v) is 5.40.